The maximum absolute atomic E-state index is 9.13. The van der Waals surface area contributed by atoms with E-state index >= 15 is 0 Å². The smallest absolute Gasteiger partial charge is 0.137 e. The van der Waals surface area contributed by atoms with Gasteiger partial charge in [0.1, 0.15) is 17.9 Å². The van der Waals surface area contributed by atoms with Crippen molar-refractivity contribution in [2.75, 3.05) is 0 Å². The van der Waals surface area contributed by atoms with E-state index in [0.29, 0.717) is 11.3 Å². The molecule has 2 unspecified atom stereocenters. The van der Waals surface area contributed by atoms with E-state index in [1.165, 1.54) is 12.8 Å². The Balaban J connectivity index is 2.15. The number of hydrogen-bond donors (Lipinski definition) is 1. The molecule has 0 radical (unpaired) electrons. The highest BCUT2D eigenvalue weighted by atomic mass is 16.5. The third kappa shape index (κ3) is 3.02. The molecule has 1 aromatic carbocycles. The van der Waals surface area contributed by atoms with E-state index in [-0.39, 0.29) is 12.1 Å². The van der Waals surface area contributed by atoms with Crippen molar-refractivity contribution in [1.29, 1.82) is 5.26 Å². The van der Waals surface area contributed by atoms with E-state index in [1.807, 2.05) is 25.1 Å². The van der Waals surface area contributed by atoms with Crippen LogP contribution in [0.25, 0.3) is 0 Å². The lowest BCUT2D eigenvalue weighted by Gasteiger charge is -2.23. The van der Waals surface area contributed by atoms with Gasteiger partial charge in [-0.15, -0.1) is 0 Å². The monoisotopic (exact) mass is 244 g/mol. The minimum Gasteiger partial charge on any atom is -0.487 e. The Morgan fingerprint density at radius 3 is 2.83 bits per heavy atom. The van der Waals surface area contributed by atoms with Crippen LogP contribution in [0.2, 0.25) is 0 Å². The zero-order valence-corrected chi connectivity index (χ0v) is 10.9. The lowest BCUT2D eigenvalue weighted by atomic mass is 10.1. The summed E-state index contributed by atoms with van der Waals surface area (Å²) in [4.78, 5) is 0. The molecule has 1 aliphatic carbocycles. The van der Waals surface area contributed by atoms with Gasteiger partial charge < -0.3 is 10.5 Å². The fourth-order valence-electron chi connectivity index (χ4n) is 2.45. The summed E-state index contributed by atoms with van der Waals surface area (Å²) in [5, 5.41) is 9.13. The van der Waals surface area contributed by atoms with Gasteiger partial charge in [-0.05, 0) is 43.9 Å². The fourth-order valence-corrected chi connectivity index (χ4v) is 2.45. The van der Waals surface area contributed by atoms with Crippen molar-refractivity contribution < 1.29 is 4.74 Å². The lowest BCUT2D eigenvalue weighted by molar-refractivity contribution is 0.162. The number of aryl methyl sites for hydroxylation is 1. The largest absolute Gasteiger partial charge is 0.487 e. The minimum absolute atomic E-state index is 0.0438. The molecule has 0 aliphatic heterocycles. The highest BCUT2D eigenvalue weighted by Crippen LogP contribution is 2.25. The molecule has 2 N–H and O–H groups in total. The lowest BCUT2D eigenvalue weighted by Crippen LogP contribution is -2.38. The molecule has 0 heterocycles. The van der Waals surface area contributed by atoms with Crippen LogP contribution in [-0.2, 0) is 0 Å². The first-order chi connectivity index (χ1) is 8.70. The summed E-state index contributed by atoms with van der Waals surface area (Å²) in [5.41, 5.74) is 7.82. The maximum Gasteiger partial charge on any atom is 0.137 e. The van der Waals surface area contributed by atoms with Crippen LogP contribution in [0.5, 0.6) is 5.75 Å². The summed E-state index contributed by atoms with van der Waals surface area (Å²) in [5.74, 6) is 0.672. The van der Waals surface area contributed by atoms with Crippen molar-refractivity contribution in [2.24, 2.45) is 5.73 Å². The van der Waals surface area contributed by atoms with Gasteiger partial charge in [0, 0.05) is 6.04 Å². The van der Waals surface area contributed by atoms with Crippen LogP contribution in [0.15, 0.2) is 18.2 Å². The van der Waals surface area contributed by atoms with Gasteiger partial charge in [-0.2, -0.15) is 5.26 Å². The number of rotatable bonds is 2. The number of hydrogen-bond acceptors (Lipinski definition) is 3. The Kier molecular flexibility index (Phi) is 4.22. The van der Waals surface area contributed by atoms with Crippen molar-refractivity contribution >= 4 is 0 Å². The van der Waals surface area contributed by atoms with Crippen LogP contribution in [0.1, 0.15) is 43.2 Å². The van der Waals surface area contributed by atoms with Crippen molar-refractivity contribution in [3.05, 3.63) is 29.3 Å². The van der Waals surface area contributed by atoms with Crippen LogP contribution in [0.3, 0.4) is 0 Å². The molecule has 1 aromatic rings. The second-order valence-corrected chi connectivity index (χ2v) is 5.07. The molecule has 3 heteroatoms. The average Bonchev–Trinajstić information content (AvgIpc) is 2.57. The molecule has 2 atom stereocenters. The number of nitrogens with zero attached hydrogens (tertiary/aromatic N) is 1. The molecule has 18 heavy (non-hydrogen) atoms. The first-order valence-electron chi connectivity index (χ1n) is 6.63. The molecule has 1 fully saturated rings. The van der Waals surface area contributed by atoms with Gasteiger partial charge in [-0.3, -0.25) is 0 Å². The zero-order chi connectivity index (χ0) is 13.0. The number of benzene rings is 1. The van der Waals surface area contributed by atoms with Gasteiger partial charge in [0.25, 0.3) is 0 Å². The van der Waals surface area contributed by atoms with Crippen molar-refractivity contribution in [3.63, 3.8) is 0 Å². The van der Waals surface area contributed by atoms with Gasteiger partial charge in [0.05, 0.1) is 5.56 Å². The zero-order valence-electron chi connectivity index (χ0n) is 10.9. The Morgan fingerprint density at radius 2 is 2.06 bits per heavy atom. The van der Waals surface area contributed by atoms with E-state index in [1.54, 1.807) is 0 Å². The van der Waals surface area contributed by atoms with Crippen molar-refractivity contribution in [3.8, 4) is 11.8 Å². The van der Waals surface area contributed by atoms with Crippen LogP contribution >= 0.6 is 0 Å². The molecule has 2 rings (SSSR count). The Bertz CT molecular complexity index is 450. The molecule has 1 saturated carbocycles. The molecular weight excluding hydrogens is 224 g/mol. The molecule has 0 spiro atoms. The van der Waals surface area contributed by atoms with Gasteiger partial charge in [-0.1, -0.05) is 18.9 Å². The van der Waals surface area contributed by atoms with E-state index in [2.05, 4.69) is 6.07 Å². The number of ether oxygens (including phenoxy) is 1. The Labute approximate surface area is 109 Å². The molecule has 0 saturated heterocycles. The van der Waals surface area contributed by atoms with Crippen LogP contribution in [0.4, 0.5) is 0 Å². The molecule has 0 amide bonds. The number of nitriles is 1. The summed E-state index contributed by atoms with van der Waals surface area (Å²) < 4.78 is 5.98. The molecule has 0 bridgehead atoms. The molecular formula is C15H20N2O. The quantitative estimate of drug-likeness (QED) is 0.814. The minimum atomic E-state index is 0.0438. The van der Waals surface area contributed by atoms with Gasteiger partial charge in [0.2, 0.25) is 0 Å². The van der Waals surface area contributed by atoms with Gasteiger partial charge >= 0.3 is 0 Å². The molecule has 3 nitrogen and oxygen atoms in total. The second-order valence-electron chi connectivity index (χ2n) is 5.07. The summed E-state index contributed by atoms with van der Waals surface area (Å²) in [6.07, 6.45) is 5.61. The average molecular weight is 244 g/mol. The SMILES string of the molecule is Cc1ccc(OC2CCCCCC2N)c(C#N)c1. The first kappa shape index (κ1) is 12.9. The molecule has 0 aromatic heterocycles. The highest BCUT2D eigenvalue weighted by Gasteiger charge is 2.22. The maximum atomic E-state index is 9.13. The van der Waals surface area contributed by atoms with E-state index in [0.717, 1.165) is 24.8 Å². The second kappa shape index (κ2) is 5.88. The predicted octanol–water partition coefficient (Wildman–Crippen LogP) is 2.91. The van der Waals surface area contributed by atoms with E-state index in [4.69, 9.17) is 15.7 Å². The standard InChI is InChI=1S/C15H20N2O/c1-11-7-8-14(12(9-11)10-16)18-15-6-4-2-3-5-13(15)17/h7-9,13,15H,2-6,17H2,1H3. The summed E-state index contributed by atoms with van der Waals surface area (Å²) in [6.45, 7) is 1.97. The fraction of sp³-hybridized carbons (Fsp3) is 0.533. The van der Waals surface area contributed by atoms with Crippen LogP contribution in [0, 0.1) is 18.3 Å². The van der Waals surface area contributed by atoms with E-state index < -0.39 is 0 Å². The third-order valence-corrected chi connectivity index (χ3v) is 3.54. The Morgan fingerprint density at radius 1 is 1.28 bits per heavy atom. The van der Waals surface area contributed by atoms with Gasteiger partial charge in [0.15, 0.2) is 0 Å². The van der Waals surface area contributed by atoms with Crippen molar-refractivity contribution in [2.45, 2.75) is 51.2 Å². The van der Waals surface area contributed by atoms with Crippen molar-refractivity contribution in [1.82, 2.24) is 0 Å². The van der Waals surface area contributed by atoms with Crippen LogP contribution < -0.4 is 10.5 Å². The first-order valence-corrected chi connectivity index (χ1v) is 6.63. The topological polar surface area (TPSA) is 59.0 Å². The molecule has 1 aliphatic rings. The third-order valence-electron chi connectivity index (χ3n) is 3.54. The normalized spacial score (nSPS) is 24.1. The summed E-state index contributed by atoms with van der Waals surface area (Å²) in [6, 6.07) is 7.98. The van der Waals surface area contributed by atoms with E-state index in [9.17, 15) is 0 Å². The van der Waals surface area contributed by atoms with Gasteiger partial charge in [-0.25, -0.2) is 0 Å². The highest BCUT2D eigenvalue weighted by molar-refractivity contribution is 5.45. The van der Waals surface area contributed by atoms with Crippen LogP contribution in [-0.4, -0.2) is 12.1 Å². The Hall–Kier alpha value is -1.53. The summed E-state index contributed by atoms with van der Waals surface area (Å²) in [7, 11) is 0. The predicted molar refractivity (Wildman–Crippen MR) is 71.4 cm³/mol. The number of nitrogens with two attached hydrogens (primary N) is 1. The molecule has 96 valence electrons. The summed E-state index contributed by atoms with van der Waals surface area (Å²) >= 11 is 0.